The Kier molecular flexibility index (Phi) is 2.86. The number of rotatable bonds is 7. The Morgan fingerprint density at radius 3 is 2.87 bits per heavy atom. The van der Waals surface area contributed by atoms with Gasteiger partial charge in [0, 0.05) is 51.9 Å². The van der Waals surface area contributed by atoms with Gasteiger partial charge in [-0.05, 0) is 47.8 Å². The Bertz CT molecular complexity index is 1430. The van der Waals surface area contributed by atoms with E-state index in [1.54, 1.807) is 0 Å². The van der Waals surface area contributed by atoms with Gasteiger partial charge in [-0.3, -0.25) is 9.69 Å². The molecule has 0 bridgehead atoms. The van der Waals surface area contributed by atoms with Crippen LogP contribution in [0.4, 0.5) is 0 Å². The van der Waals surface area contributed by atoms with Gasteiger partial charge in [0.1, 0.15) is 12.1 Å². The minimum atomic E-state index is -4.04. The van der Waals surface area contributed by atoms with Crippen molar-refractivity contribution in [2.75, 3.05) is 27.1 Å². The van der Waals surface area contributed by atoms with Gasteiger partial charge < -0.3 is 19.9 Å². The molecule has 168 valence electrons. The largest absolute Gasteiger partial charge is 0.493 e. The second-order valence-corrected chi connectivity index (χ2v) is 7.23. The molecule has 0 spiro atoms. The predicted molar refractivity (Wildman–Crippen MR) is 118 cm³/mol. The molecule has 30 heavy (non-hydrogen) atoms. The quantitative estimate of drug-likeness (QED) is 0.659. The van der Waals surface area contributed by atoms with Crippen molar-refractivity contribution in [1.29, 1.82) is 0 Å². The summed E-state index contributed by atoms with van der Waals surface area (Å²) in [6.45, 7) is -7.93. The molecule has 2 aliphatic heterocycles. The van der Waals surface area contributed by atoms with E-state index in [-0.39, 0.29) is 4.90 Å². The second-order valence-electron chi connectivity index (χ2n) is 7.23. The molecule has 0 saturated carbocycles. The maximum Gasteiger partial charge on any atom is 0.323 e. The third-order valence-electron chi connectivity index (χ3n) is 4.67. The molecule has 2 N–H and O–H groups in total. The molecular formula is C24H38N2O4. The van der Waals surface area contributed by atoms with Gasteiger partial charge in [0.25, 0.3) is 0 Å². The number of esters is 1. The summed E-state index contributed by atoms with van der Waals surface area (Å²) in [5.74, 6) is -10.7. The summed E-state index contributed by atoms with van der Waals surface area (Å²) in [5, 5.41) is 0. The summed E-state index contributed by atoms with van der Waals surface area (Å²) in [7, 11) is -2.08. The van der Waals surface area contributed by atoms with Crippen molar-refractivity contribution in [2.45, 2.75) is 64.9 Å². The van der Waals surface area contributed by atoms with Gasteiger partial charge in [-0.25, -0.2) is 0 Å². The maximum atomic E-state index is 13.3. The lowest BCUT2D eigenvalue weighted by atomic mass is 9.79. The van der Waals surface area contributed by atoms with E-state index >= 15 is 0 Å². The van der Waals surface area contributed by atoms with Gasteiger partial charge in [-0.1, -0.05) is 27.6 Å². The Labute approximate surface area is 206 Å². The smallest absolute Gasteiger partial charge is 0.323 e. The van der Waals surface area contributed by atoms with Crippen LogP contribution in [0.2, 0.25) is 0 Å². The van der Waals surface area contributed by atoms with Gasteiger partial charge in [0.2, 0.25) is 0 Å². The van der Waals surface area contributed by atoms with Crippen LogP contribution in [0.3, 0.4) is 0 Å². The van der Waals surface area contributed by atoms with Crippen LogP contribution in [0.5, 0.6) is 11.5 Å². The molecule has 1 saturated heterocycles. The van der Waals surface area contributed by atoms with Crippen LogP contribution in [0.25, 0.3) is 0 Å². The SMILES string of the molecule is [2H]C([2H])([2H])Oc1cc2c(cc1OC)C1N(C([2H])([2H])C2([2H])[2H])C([2H])([2H])C([2H])(C([2H])([2H])C([2H])(C)C([2H])([2H])[2H])C(OC(=O)[C@@H](N)C(C)C)C1([2H])[2H]. The highest BCUT2D eigenvalue weighted by molar-refractivity contribution is 5.76. The maximum absolute atomic E-state index is 13.3. The van der Waals surface area contributed by atoms with Crippen molar-refractivity contribution < 1.29 is 43.7 Å². The lowest BCUT2D eigenvalue weighted by Crippen LogP contribution is -2.51. The fourth-order valence-corrected chi connectivity index (χ4v) is 3.00. The number of aryl methyl sites for hydroxylation is 1. The summed E-state index contributed by atoms with van der Waals surface area (Å²) in [6, 6.07) is -2.36. The van der Waals surface area contributed by atoms with Gasteiger partial charge in [0.15, 0.2) is 11.5 Å². The fourth-order valence-electron chi connectivity index (χ4n) is 3.00. The van der Waals surface area contributed by atoms with Crippen LogP contribution in [-0.4, -0.2) is 50.2 Å². The zero-order valence-electron chi connectivity index (χ0n) is 35.1. The average Bonchev–Trinajstić information content (AvgIpc) is 2.89. The van der Waals surface area contributed by atoms with Crippen LogP contribution in [0.1, 0.15) is 82.2 Å². The van der Waals surface area contributed by atoms with E-state index in [4.69, 9.17) is 37.8 Å². The summed E-state index contributed by atoms with van der Waals surface area (Å²) < 4.78 is 170. The van der Waals surface area contributed by atoms with Crippen LogP contribution in [-0.2, 0) is 15.9 Å². The van der Waals surface area contributed by atoms with Crippen LogP contribution in [0.15, 0.2) is 12.1 Å². The highest BCUT2D eigenvalue weighted by Crippen LogP contribution is 2.44. The summed E-state index contributed by atoms with van der Waals surface area (Å²) >= 11 is 0. The molecule has 5 atom stereocenters. The number of piperidine rings is 1. The first-order valence-corrected chi connectivity index (χ1v) is 9.29. The van der Waals surface area contributed by atoms with Crippen LogP contribution in [0, 0.1) is 17.7 Å². The molecule has 0 aromatic heterocycles. The Hall–Kier alpha value is -1.79. The van der Waals surface area contributed by atoms with Crippen molar-refractivity contribution in [1.82, 2.24) is 4.90 Å². The third-order valence-corrected chi connectivity index (χ3v) is 4.67. The summed E-state index contributed by atoms with van der Waals surface area (Å²) in [4.78, 5) is 13.2. The zero-order valence-corrected chi connectivity index (χ0v) is 17.1. The van der Waals surface area contributed by atoms with Crippen molar-refractivity contribution in [3.05, 3.63) is 23.3 Å². The predicted octanol–water partition coefficient (Wildman–Crippen LogP) is 3.56. The zero-order chi connectivity index (χ0) is 37.8. The van der Waals surface area contributed by atoms with Gasteiger partial charge in [0.05, 0.1) is 18.3 Å². The molecule has 1 aromatic rings. The highest BCUT2D eigenvalue weighted by atomic mass is 16.5. The molecule has 3 rings (SSSR count). The Balaban J connectivity index is 2.57. The van der Waals surface area contributed by atoms with E-state index in [0.29, 0.717) is 6.92 Å². The van der Waals surface area contributed by atoms with Crippen LogP contribution < -0.4 is 15.2 Å². The Morgan fingerprint density at radius 2 is 2.20 bits per heavy atom. The molecule has 1 aromatic carbocycles. The summed E-state index contributed by atoms with van der Waals surface area (Å²) in [6.07, 6.45) is -13.9. The molecule has 2 heterocycles. The number of carbonyl (C=O) groups is 1. The first-order valence-electron chi connectivity index (χ1n) is 18.3. The number of hydrogen-bond donors (Lipinski definition) is 1. The number of carbonyl (C=O) groups excluding carboxylic acids is 1. The molecule has 0 aliphatic carbocycles. The van der Waals surface area contributed by atoms with E-state index in [2.05, 4.69) is 0 Å². The minimum absolute atomic E-state index is 0.0980. The monoisotopic (exact) mass is 436 g/mol. The standard InChI is InChI=1S/C24H38N2O4/c1-14(2)9-17-13-26-8-7-16-10-21(28-5)22(29-6)11-18(16)19(26)12-20(17)30-24(27)23(25)15(3)4/h10-11,14-15,17,19-20,23H,7-9,12-13,25H2,1-6H3/t17?,19?,20?,23-/m0/s1/i1D3,5D3,7D2,8D2,9D2,12D2,13D2,14D,17D/t14?,17?,19?,20?,23-. The molecule has 0 amide bonds. The third kappa shape index (κ3) is 4.75. The van der Waals surface area contributed by atoms with E-state index in [9.17, 15) is 11.6 Å². The molecular weight excluding hydrogens is 380 g/mol. The number of benzene rings is 1. The van der Waals surface area contributed by atoms with Gasteiger partial charge in [-0.2, -0.15) is 0 Å². The number of nitrogens with two attached hydrogens (primary N) is 1. The molecule has 2 aliphatic rings. The lowest BCUT2D eigenvalue weighted by molar-refractivity contribution is -0.160. The number of methoxy groups -OCH3 is 2. The first-order chi connectivity index (χ1) is 21.1. The highest BCUT2D eigenvalue weighted by Gasteiger charge is 2.41. The average molecular weight is 437 g/mol. The minimum Gasteiger partial charge on any atom is -0.493 e. The van der Waals surface area contributed by atoms with Gasteiger partial charge >= 0.3 is 5.97 Å². The lowest BCUT2D eigenvalue weighted by Gasteiger charge is -2.47. The normalized spacial score (nSPS) is 46.2. The number of hydrogen-bond acceptors (Lipinski definition) is 6. The van der Waals surface area contributed by atoms with Crippen molar-refractivity contribution in [3.63, 3.8) is 0 Å². The molecule has 6 nitrogen and oxygen atoms in total. The Morgan fingerprint density at radius 1 is 1.43 bits per heavy atom. The topological polar surface area (TPSA) is 74.0 Å². The van der Waals surface area contributed by atoms with Crippen molar-refractivity contribution in [2.24, 2.45) is 23.4 Å². The van der Waals surface area contributed by atoms with E-state index in [0.717, 1.165) is 19.2 Å². The number of fused-ring (bicyclic) bond motifs is 3. The second kappa shape index (κ2) is 9.56. The molecule has 6 heteroatoms. The first kappa shape index (κ1) is 8.99. The van der Waals surface area contributed by atoms with Gasteiger partial charge in [-0.15, -0.1) is 0 Å². The molecule has 1 fully saturated rings. The van der Waals surface area contributed by atoms with E-state index in [1.165, 1.54) is 13.8 Å². The fraction of sp³-hybridized carbons (Fsp3) is 0.708. The van der Waals surface area contributed by atoms with Crippen LogP contribution >= 0.6 is 0 Å². The van der Waals surface area contributed by atoms with Crippen molar-refractivity contribution in [3.8, 4) is 11.5 Å². The molecule has 0 radical (unpaired) electrons. The summed E-state index contributed by atoms with van der Waals surface area (Å²) in [5.41, 5.74) is 4.58. The van der Waals surface area contributed by atoms with E-state index < -0.39 is 110 Å². The van der Waals surface area contributed by atoms with E-state index in [1.807, 2.05) is 0 Å². The number of nitrogens with zero attached hydrogens (tertiary/aromatic N) is 1. The molecule has 4 unspecified atom stereocenters. The van der Waals surface area contributed by atoms with Crippen molar-refractivity contribution >= 4 is 5.97 Å². The number of ether oxygens (including phenoxy) is 3.